The second kappa shape index (κ2) is 5.45. The van der Waals surface area contributed by atoms with Gasteiger partial charge in [-0.2, -0.15) is 11.8 Å². The predicted octanol–water partition coefficient (Wildman–Crippen LogP) is 3.64. The summed E-state index contributed by atoms with van der Waals surface area (Å²) in [6.07, 6.45) is 4.72. The van der Waals surface area contributed by atoms with Crippen LogP contribution in [-0.4, -0.2) is 21.1 Å². The molecule has 0 amide bonds. The lowest BCUT2D eigenvalue weighted by Crippen LogP contribution is -2.17. The number of benzene rings is 1. The van der Waals surface area contributed by atoms with Gasteiger partial charge in [-0.1, -0.05) is 6.92 Å². The second-order valence-corrected chi connectivity index (χ2v) is 6.46. The van der Waals surface area contributed by atoms with Crippen LogP contribution in [0.1, 0.15) is 38.1 Å². The molecule has 19 heavy (non-hydrogen) atoms. The number of anilines is 1. The first-order chi connectivity index (χ1) is 9.29. The summed E-state index contributed by atoms with van der Waals surface area (Å²) >= 11 is 2.07. The van der Waals surface area contributed by atoms with Gasteiger partial charge in [0.2, 0.25) is 0 Å². The molecule has 3 nitrogen and oxygen atoms in total. The van der Waals surface area contributed by atoms with Gasteiger partial charge in [0.05, 0.1) is 11.0 Å². The molecule has 1 aliphatic rings. The third kappa shape index (κ3) is 2.46. The van der Waals surface area contributed by atoms with E-state index in [9.17, 15) is 0 Å². The average molecular weight is 275 g/mol. The first-order valence-corrected chi connectivity index (χ1v) is 8.29. The number of nitrogens with two attached hydrogens (primary N) is 1. The molecule has 0 radical (unpaired) electrons. The number of imidazole rings is 1. The van der Waals surface area contributed by atoms with E-state index in [2.05, 4.69) is 29.3 Å². The lowest BCUT2D eigenvalue weighted by atomic mass is 10.1. The number of hydrogen-bond donors (Lipinski definition) is 1. The lowest BCUT2D eigenvalue weighted by Gasteiger charge is -2.25. The fourth-order valence-corrected chi connectivity index (χ4v) is 4.00. The van der Waals surface area contributed by atoms with Gasteiger partial charge < -0.3 is 10.3 Å². The third-order valence-corrected chi connectivity index (χ3v) is 4.86. The number of nitrogen functional groups attached to an aromatic ring is 1. The zero-order valence-corrected chi connectivity index (χ0v) is 12.2. The van der Waals surface area contributed by atoms with Gasteiger partial charge in [-0.05, 0) is 49.0 Å². The molecule has 1 aromatic carbocycles. The molecule has 0 aliphatic carbocycles. The summed E-state index contributed by atoms with van der Waals surface area (Å²) in [5, 5.41) is 0. The lowest BCUT2D eigenvalue weighted by molar-refractivity contribution is 0.463. The summed E-state index contributed by atoms with van der Waals surface area (Å²) in [5.74, 6) is 3.77. The van der Waals surface area contributed by atoms with Crippen molar-refractivity contribution in [2.75, 3.05) is 17.2 Å². The zero-order valence-electron chi connectivity index (χ0n) is 11.4. The van der Waals surface area contributed by atoms with E-state index in [-0.39, 0.29) is 0 Å². The molecule has 0 spiro atoms. The fraction of sp³-hybridized carbons (Fsp3) is 0.533. The number of thioether (sulfide) groups is 1. The van der Waals surface area contributed by atoms with Crippen molar-refractivity contribution in [3.63, 3.8) is 0 Å². The molecular weight excluding hydrogens is 254 g/mol. The highest BCUT2D eigenvalue weighted by molar-refractivity contribution is 7.99. The van der Waals surface area contributed by atoms with Crippen molar-refractivity contribution in [2.45, 2.75) is 38.6 Å². The summed E-state index contributed by atoms with van der Waals surface area (Å²) in [4.78, 5) is 4.81. The van der Waals surface area contributed by atoms with E-state index in [0.717, 1.165) is 24.0 Å². The molecule has 1 saturated heterocycles. The maximum atomic E-state index is 5.88. The Kier molecular flexibility index (Phi) is 3.69. The molecule has 0 unspecified atom stereocenters. The molecule has 0 bridgehead atoms. The van der Waals surface area contributed by atoms with Crippen molar-refractivity contribution >= 4 is 28.5 Å². The second-order valence-electron chi connectivity index (χ2n) is 5.24. The van der Waals surface area contributed by atoms with Gasteiger partial charge in [-0.25, -0.2) is 4.98 Å². The first kappa shape index (κ1) is 12.9. The van der Waals surface area contributed by atoms with Crippen LogP contribution < -0.4 is 5.73 Å². The van der Waals surface area contributed by atoms with Gasteiger partial charge in [-0.3, -0.25) is 0 Å². The normalized spacial score (nSPS) is 17.1. The highest BCUT2D eigenvalue weighted by Gasteiger charge is 2.21. The maximum Gasteiger partial charge on any atom is 0.110 e. The monoisotopic (exact) mass is 275 g/mol. The van der Waals surface area contributed by atoms with Crippen LogP contribution in [0.3, 0.4) is 0 Å². The van der Waals surface area contributed by atoms with Gasteiger partial charge in [0, 0.05) is 18.2 Å². The van der Waals surface area contributed by atoms with Crippen LogP contribution in [0.15, 0.2) is 18.2 Å². The minimum absolute atomic E-state index is 0.622. The van der Waals surface area contributed by atoms with E-state index in [1.165, 1.54) is 35.7 Å². The maximum absolute atomic E-state index is 5.88. The van der Waals surface area contributed by atoms with Crippen LogP contribution in [0, 0.1) is 0 Å². The molecular formula is C15H21N3S. The van der Waals surface area contributed by atoms with Crippen LogP contribution in [0.4, 0.5) is 5.69 Å². The van der Waals surface area contributed by atoms with Crippen molar-refractivity contribution in [3.05, 3.63) is 24.0 Å². The summed E-state index contributed by atoms with van der Waals surface area (Å²) in [5.41, 5.74) is 9.00. The van der Waals surface area contributed by atoms with Gasteiger partial charge >= 0.3 is 0 Å². The van der Waals surface area contributed by atoms with Crippen LogP contribution in [0.5, 0.6) is 0 Å². The first-order valence-electron chi connectivity index (χ1n) is 7.13. The SMILES string of the molecule is CCCc1nc2cc(N)ccc2n1C1CCSCC1. The van der Waals surface area contributed by atoms with E-state index >= 15 is 0 Å². The van der Waals surface area contributed by atoms with Gasteiger partial charge in [-0.15, -0.1) is 0 Å². The van der Waals surface area contributed by atoms with E-state index < -0.39 is 0 Å². The largest absolute Gasteiger partial charge is 0.399 e. The van der Waals surface area contributed by atoms with E-state index in [4.69, 9.17) is 10.7 Å². The Labute approximate surface area is 118 Å². The Morgan fingerprint density at radius 2 is 2.16 bits per heavy atom. The van der Waals surface area contributed by atoms with Crippen molar-refractivity contribution in [1.29, 1.82) is 0 Å². The van der Waals surface area contributed by atoms with Crippen LogP contribution in [-0.2, 0) is 6.42 Å². The Bertz CT molecular complexity index is 570. The quantitative estimate of drug-likeness (QED) is 0.870. The minimum atomic E-state index is 0.622. The topological polar surface area (TPSA) is 43.8 Å². The average Bonchev–Trinajstić information content (AvgIpc) is 2.77. The third-order valence-electron chi connectivity index (χ3n) is 3.82. The van der Waals surface area contributed by atoms with Crippen molar-refractivity contribution in [3.8, 4) is 0 Å². The van der Waals surface area contributed by atoms with Gasteiger partial charge in [0.25, 0.3) is 0 Å². The summed E-state index contributed by atoms with van der Waals surface area (Å²) in [7, 11) is 0. The number of fused-ring (bicyclic) bond motifs is 1. The Morgan fingerprint density at radius 3 is 2.89 bits per heavy atom. The molecule has 4 heteroatoms. The molecule has 3 rings (SSSR count). The van der Waals surface area contributed by atoms with E-state index in [1.54, 1.807) is 0 Å². The number of aryl methyl sites for hydroxylation is 1. The fourth-order valence-electron chi connectivity index (χ4n) is 2.92. The number of hydrogen-bond acceptors (Lipinski definition) is 3. The molecule has 1 fully saturated rings. The van der Waals surface area contributed by atoms with Crippen molar-refractivity contribution in [2.24, 2.45) is 0 Å². The highest BCUT2D eigenvalue weighted by atomic mass is 32.2. The number of aromatic nitrogens is 2. The smallest absolute Gasteiger partial charge is 0.110 e. The number of rotatable bonds is 3. The molecule has 2 aromatic rings. The molecule has 2 heterocycles. The molecule has 2 N–H and O–H groups in total. The predicted molar refractivity (Wildman–Crippen MR) is 83.7 cm³/mol. The van der Waals surface area contributed by atoms with Gasteiger partial charge in [0.1, 0.15) is 5.82 Å². The van der Waals surface area contributed by atoms with E-state index in [0.29, 0.717) is 6.04 Å². The molecule has 102 valence electrons. The van der Waals surface area contributed by atoms with Crippen LogP contribution in [0.2, 0.25) is 0 Å². The Hall–Kier alpha value is -1.16. The molecule has 0 atom stereocenters. The van der Waals surface area contributed by atoms with Crippen molar-refractivity contribution < 1.29 is 0 Å². The Morgan fingerprint density at radius 1 is 1.37 bits per heavy atom. The summed E-state index contributed by atoms with van der Waals surface area (Å²) in [6.45, 7) is 2.22. The van der Waals surface area contributed by atoms with Gasteiger partial charge in [0.15, 0.2) is 0 Å². The Balaban J connectivity index is 2.09. The summed E-state index contributed by atoms with van der Waals surface area (Å²) in [6, 6.07) is 6.76. The molecule has 0 saturated carbocycles. The standard InChI is InChI=1S/C15H21N3S/c1-2-3-15-17-13-10-11(16)4-5-14(13)18(15)12-6-8-19-9-7-12/h4-5,10,12H,2-3,6-9,16H2,1H3. The minimum Gasteiger partial charge on any atom is -0.399 e. The number of nitrogens with zero attached hydrogens (tertiary/aromatic N) is 2. The molecule has 1 aliphatic heterocycles. The summed E-state index contributed by atoms with van der Waals surface area (Å²) < 4.78 is 2.48. The van der Waals surface area contributed by atoms with Crippen molar-refractivity contribution in [1.82, 2.24) is 9.55 Å². The van der Waals surface area contributed by atoms with Crippen LogP contribution in [0.25, 0.3) is 11.0 Å². The zero-order chi connectivity index (χ0) is 13.2. The van der Waals surface area contributed by atoms with Crippen LogP contribution >= 0.6 is 11.8 Å². The van der Waals surface area contributed by atoms with E-state index in [1.807, 2.05) is 12.1 Å². The molecule has 1 aromatic heterocycles. The highest BCUT2D eigenvalue weighted by Crippen LogP contribution is 2.32.